The Morgan fingerprint density at radius 2 is 1.91 bits per heavy atom. The molecule has 11 heteroatoms. The summed E-state index contributed by atoms with van der Waals surface area (Å²) < 4.78 is 12.9. The van der Waals surface area contributed by atoms with Crippen LogP contribution in [0.2, 0.25) is 0 Å². The molecule has 47 heavy (non-hydrogen) atoms. The maximum atomic E-state index is 14.7. The minimum atomic E-state index is -1.32. The molecule has 0 saturated carbocycles. The Labute approximate surface area is 287 Å². The van der Waals surface area contributed by atoms with Crippen molar-refractivity contribution >= 4 is 39.6 Å². The second kappa shape index (κ2) is 15.0. The first-order valence-electron chi connectivity index (χ1n) is 16.6. The molecule has 1 unspecified atom stereocenters. The number of esters is 1. The van der Waals surface area contributed by atoms with Gasteiger partial charge in [-0.05, 0) is 45.1 Å². The summed E-state index contributed by atoms with van der Waals surface area (Å²) >= 11 is 3.72. The van der Waals surface area contributed by atoms with Gasteiger partial charge in [-0.15, -0.1) is 13.2 Å². The summed E-state index contributed by atoms with van der Waals surface area (Å²) in [7, 11) is 0. The number of aliphatic hydroxyl groups excluding tert-OH is 1. The fourth-order valence-electron chi connectivity index (χ4n) is 7.40. The number of benzene rings is 1. The topological polar surface area (TPSA) is 125 Å². The van der Waals surface area contributed by atoms with E-state index in [4.69, 9.17) is 9.47 Å². The smallest absolute Gasteiger partial charge is 0.313 e. The number of halogens is 1. The van der Waals surface area contributed by atoms with Crippen molar-refractivity contribution < 1.29 is 33.8 Å². The lowest BCUT2D eigenvalue weighted by Crippen LogP contribution is -2.62. The molecule has 3 aliphatic heterocycles. The fraction of sp³-hybridized carbons (Fsp3) is 0.611. The van der Waals surface area contributed by atoms with Crippen molar-refractivity contribution in [3.63, 3.8) is 0 Å². The zero-order valence-electron chi connectivity index (χ0n) is 28.2. The summed E-state index contributed by atoms with van der Waals surface area (Å²) in [6, 6.07) is 7.39. The Kier molecular flexibility index (Phi) is 11.8. The predicted molar refractivity (Wildman–Crippen MR) is 182 cm³/mol. The number of allylic oxidation sites excluding steroid dienone is 1. The third-order valence-corrected chi connectivity index (χ3v) is 10.8. The fourth-order valence-corrected chi connectivity index (χ4v) is 8.34. The minimum absolute atomic E-state index is 0.0431. The molecule has 1 aromatic rings. The number of ether oxygens (including phenoxy) is 2. The van der Waals surface area contributed by atoms with Gasteiger partial charge in [-0.1, -0.05) is 78.7 Å². The number of carbonyl (C=O) groups is 4. The number of aliphatic hydroxyl groups is 1. The number of hydrogen-bond acceptors (Lipinski definition) is 7. The molecule has 1 spiro atoms. The lowest BCUT2D eigenvalue weighted by Gasteiger charge is -2.44. The van der Waals surface area contributed by atoms with Crippen molar-refractivity contribution in [2.45, 2.75) is 101 Å². The molecule has 0 aromatic heterocycles. The number of hydrogen-bond donors (Lipinski definition) is 2. The molecular weight excluding hydrogens is 666 g/mol. The maximum Gasteiger partial charge on any atom is 0.313 e. The molecular formula is C36H50BrN3O7. The zero-order valence-corrected chi connectivity index (χ0v) is 29.8. The van der Waals surface area contributed by atoms with E-state index in [1.165, 1.54) is 4.90 Å². The highest BCUT2D eigenvalue weighted by atomic mass is 79.9. The van der Waals surface area contributed by atoms with E-state index in [-0.39, 0.29) is 48.7 Å². The van der Waals surface area contributed by atoms with E-state index in [0.717, 1.165) is 0 Å². The predicted octanol–water partition coefficient (Wildman–Crippen LogP) is 4.32. The van der Waals surface area contributed by atoms with E-state index in [0.29, 0.717) is 24.8 Å². The third kappa shape index (κ3) is 7.08. The number of fused-ring (bicyclic) bond motifs is 1. The first-order valence-corrected chi connectivity index (χ1v) is 17.5. The molecule has 3 aliphatic rings. The maximum absolute atomic E-state index is 14.7. The van der Waals surface area contributed by atoms with E-state index < -0.39 is 59.1 Å². The van der Waals surface area contributed by atoms with Crippen molar-refractivity contribution in [3.05, 3.63) is 61.2 Å². The third-order valence-electron chi connectivity index (χ3n) is 9.96. The number of likely N-dealkylation sites (tertiary alicyclic amines) is 1. The summed E-state index contributed by atoms with van der Waals surface area (Å²) in [5.74, 6) is -3.68. The molecule has 4 rings (SSSR count). The van der Waals surface area contributed by atoms with E-state index >= 15 is 0 Å². The Morgan fingerprint density at radius 3 is 2.49 bits per heavy atom. The van der Waals surface area contributed by atoms with E-state index in [1.807, 2.05) is 65.0 Å². The lowest BCUT2D eigenvalue weighted by atomic mass is 9.70. The van der Waals surface area contributed by atoms with E-state index in [9.17, 15) is 24.3 Å². The van der Waals surface area contributed by atoms with Crippen LogP contribution < -0.4 is 5.32 Å². The summed E-state index contributed by atoms with van der Waals surface area (Å²) in [6.07, 6.45) is 3.54. The van der Waals surface area contributed by atoms with Gasteiger partial charge in [0.25, 0.3) is 0 Å². The number of carbonyl (C=O) groups excluding carboxylic acids is 4. The molecule has 9 atom stereocenters. The lowest BCUT2D eigenvalue weighted by molar-refractivity contribution is -0.161. The van der Waals surface area contributed by atoms with E-state index in [1.54, 1.807) is 17.1 Å². The summed E-state index contributed by atoms with van der Waals surface area (Å²) in [5.41, 5.74) is -1.24. The quantitative estimate of drug-likeness (QED) is 0.157. The molecule has 0 radical (unpaired) electrons. The number of nitrogens with zero attached hydrogens (tertiary/aromatic N) is 2. The van der Waals surface area contributed by atoms with Crippen molar-refractivity contribution in [2.24, 2.45) is 17.8 Å². The summed E-state index contributed by atoms with van der Waals surface area (Å²) in [4.78, 5) is 59.0. The van der Waals surface area contributed by atoms with Crippen LogP contribution in [0.3, 0.4) is 0 Å². The second-order valence-corrected chi connectivity index (χ2v) is 15.1. The standard InChI is InChI=1S/C36H50BrN3O7/c1-8-11-17-27(42)38-20-26(23-15-13-12-14-16-23)46-34(45)28-29-32(43)40(25(21-41)22(4)10-3)31(36(29)19-24(37)30(28)47-36)33(44)39(18-9-2)35(5,6)7/h8-9,12-16,22,24-26,28-31,41H,1-2,10-11,17-21H2,3-7H3,(H,38,42)/t22-,24?,25-,26+,28+,29-,30+,31+,36-/m0/s1. The van der Waals surface area contributed by atoms with Gasteiger partial charge in [0.05, 0.1) is 37.1 Å². The van der Waals surface area contributed by atoms with Gasteiger partial charge in [0.2, 0.25) is 17.7 Å². The van der Waals surface area contributed by atoms with Gasteiger partial charge in [-0.2, -0.15) is 0 Å². The Bertz CT molecular complexity index is 1330. The van der Waals surface area contributed by atoms with Crippen molar-refractivity contribution in [1.82, 2.24) is 15.1 Å². The first-order chi connectivity index (χ1) is 22.3. The summed E-state index contributed by atoms with van der Waals surface area (Å²) in [5, 5.41) is 13.5. The summed E-state index contributed by atoms with van der Waals surface area (Å²) in [6.45, 7) is 17.1. The van der Waals surface area contributed by atoms with Gasteiger partial charge >= 0.3 is 5.97 Å². The van der Waals surface area contributed by atoms with Crippen LogP contribution >= 0.6 is 15.9 Å². The molecule has 3 amide bonds. The van der Waals surface area contributed by atoms with Gasteiger partial charge in [-0.25, -0.2) is 0 Å². The molecule has 3 fully saturated rings. The highest BCUT2D eigenvalue weighted by molar-refractivity contribution is 9.09. The number of nitrogens with one attached hydrogen (secondary N) is 1. The molecule has 2 N–H and O–H groups in total. The molecule has 0 aliphatic carbocycles. The van der Waals surface area contributed by atoms with Crippen LogP contribution in [0.25, 0.3) is 0 Å². The Balaban J connectivity index is 1.74. The van der Waals surface area contributed by atoms with Crippen LogP contribution in [0.15, 0.2) is 55.6 Å². The molecule has 2 bridgehead atoms. The Hall–Kier alpha value is -3.02. The zero-order chi connectivity index (χ0) is 34.7. The van der Waals surface area contributed by atoms with Crippen LogP contribution in [0, 0.1) is 17.8 Å². The van der Waals surface area contributed by atoms with E-state index in [2.05, 4.69) is 34.4 Å². The van der Waals surface area contributed by atoms with Crippen molar-refractivity contribution in [3.8, 4) is 0 Å². The SMILES string of the molecule is C=CCCC(=O)NC[C@@H](OC(=O)[C@H]1[C@@H]2O[C@@]3(CC2Br)[C@@H]1C(=O)N([C@@H](CO)[C@@H](C)CC)[C@@H]3C(=O)N(CC=C)C(C)(C)C)c1ccccc1. The van der Waals surface area contributed by atoms with Gasteiger partial charge < -0.3 is 29.7 Å². The minimum Gasteiger partial charge on any atom is -0.455 e. The van der Waals surface area contributed by atoms with Gasteiger partial charge in [0.1, 0.15) is 17.7 Å². The van der Waals surface area contributed by atoms with Crippen LogP contribution in [0.5, 0.6) is 0 Å². The number of amides is 3. The normalized spacial score (nSPS) is 28.3. The Morgan fingerprint density at radius 1 is 1.23 bits per heavy atom. The number of alkyl halides is 1. The molecule has 1 aromatic carbocycles. The van der Waals surface area contributed by atoms with Gasteiger partial charge in [0.15, 0.2) is 0 Å². The average Bonchev–Trinajstić information content (AvgIpc) is 3.63. The van der Waals surface area contributed by atoms with Crippen LogP contribution in [0.1, 0.15) is 72.0 Å². The van der Waals surface area contributed by atoms with Gasteiger partial charge in [0, 0.05) is 23.3 Å². The van der Waals surface area contributed by atoms with Crippen molar-refractivity contribution in [2.75, 3.05) is 19.7 Å². The molecule has 3 heterocycles. The van der Waals surface area contributed by atoms with Crippen LogP contribution in [-0.4, -0.2) is 92.4 Å². The van der Waals surface area contributed by atoms with Crippen LogP contribution in [0.4, 0.5) is 0 Å². The van der Waals surface area contributed by atoms with Crippen molar-refractivity contribution in [1.29, 1.82) is 0 Å². The second-order valence-electron chi connectivity index (χ2n) is 13.9. The monoisotopic (exact) mass is 715 g/mol. The van der Waals surface area contributed by atoms with Crippen LogP contribution in [-0.2, 0) is 28.7 Å². The number of rotatable bonds is 15. The molecule has 10 nitrogen and oxygen atoms in total. The first kappa shape index (κ1) is 36.8. The molecule has 258 valence electrons. The highest BCUT2D eigenvalue weighted by Gasteiger charge is 2.78. The average molecular weight is 717 g/mol. The molecule has 3 saturated heterocycles. The largest absolute Gasteiger partial charge is 0.455 e. The van der Waals surface area contributed by atoms with Gasteiger partial charge in [-0.3, -0.25) is 19.2 Å². The highest BCUT2D eigenvalue weighted by Crippen LogP contribution is 2.61.